The maximum absolute atomic E-state index is 10.8. The molecule has 1 unspecified atom stereocenters. The number of rotatable bonds is 3. The zero-order chi connectivity index (χ0) is 10.7. The van der Waals surface area contributed by atoms with Gasteiger partial charge in [-0.15, -0.1) is 0 Å². The molecule has 0 radical (unpaired) electrons. The molecule has 0 spiro atoms. The number of nitrogens with zero attached hydrogens (tertiary/aromatic N) is 1. The summed E-state index contributed by atoms with van der Waals surface area (Å²) in [7, 11) is 0. The average Bonchev–Trinajstić information content (AvgIpc) is 2.67. The summed E-state index contributed by atoms with van der Waals surface area (Å²) in [5.41, 5.74) is 0.851. The Balaban J connectivity index is 2.01. The van der Waals surface area contributed by atoms with E-state index in [1.54, 1.807) is 0 Å². The predicted molar refractivity (Wildman–Crippen MR) is 54.2 cm³/mol. The van der Waals surface area contributed by atoms with Gasteiger partial charge in [0.05, 0.1) is 6.42 Å². The van der Waals surface area contributed by atoms with Crippen molar-refractivity contribution in [2.45, 2.75) is 19.6 Å². The van der Waals surface area contributed by atoms with Gasteiger partial charge in [-0.3, -0.25) is 4.79 Å². The molecular formula is C11H11NO3. The summed E-state index contributed by atoms with van der Waals surface area (Å²) in [6, 6.07) is 9.43. The Morgan fingerprint density at radius 2 is 2.13 bits per heavy atom. The highest BCUT2D eigenvalue weighted by atomic mass is 16.8. The van der Waals surface area contributed by atoms with Crippen molar-refractivity contribution in [3.05, 3.63) is 35.9 Å². The molecule has 1 aliphatic rings. The molecule has 0 bridgehead atoms. The van der Waals surface area contributed by atoms with Crippen molar-refractivity contribution in [1.82, 2.24) is 0 Å². The quantitative estimate of drug-likeness (QED) is 0.754. The van der Waals surface area contributed by atoms with Gasteiger partial charge in [0.1, 0.15) is 5.78 Å². The van der Waals surface area contributed by atoms with Crippen molar-refractivity contribution in [3.63, 3.8) is 0 Å². The van der Waals surface area contributed by atoms with Gasteiger partial charge in [-0.25, -0.2) is 0 Å². The standard InChI is InChI=1S/C11H11NO3/c1-8(13)7-10-14-11(12-15-10)9-5-3-2-4-6-9/h2-6,10H,7H2,1H3. The van der Waals surface area contributed by atoms with Gasteiger partial charge in [0, 0.05) is 5.56 Å². The molecule has 15 heavy (non-hydrogen) atoms. The summed E-state index contributed by atoms with van der Waals surface area (Å²) in [5.74, 6) is 0.450. The largest absolute Gasteiger partial charge is 0.432 e. The van der Waals surface area contributed by atoms with Crippen LogP contribution >= 0.6 is 0 Å². The van der Waals surface area contributed by atoms with E-state index >= 15 is 0 Å². The van der Waals surface area contributed by atoms with Crippen molar-refractivity contribution in [3.8, 4) is 0 Å². The van der Waals surface area contributed by atoms with Crippen LogP contribution in [0, 0.1) is 0 Å². The molecule has 2 rings (SSSR count). The lowest BCUT2D eigenvalue weighted by Crippen LogP contribution is -2.15. The molecule has 1 heterocycles. The summed E-state index contributed by atoms with van der Waals surface area (Å²) in [6.07, 6.45) is -0.350. The lowest BCUT2D eigenvalue weighted by Gasteiger charge is -2.06. The normalized spacial score (nSPS) is 19.0. The maximum atomic E-state index is 10.8. The van der Waals surface area contributed by atoms with Gasteiger partial charge in [0.2, 0.25) is 0 Å². The fraction of sp³-hybridized carbons (Fsp3) is 0.273. The Labute approximate surface area is 87.5 Å². The van der Waals surface area contributed by atoms with Crippen molar-refractivity contribution in [2.75, 3.05) is 0 Å². The molecule has 0 amide bonds. The van der Waals surface area contributed by atoms with Gasteiger partial charge in [-0.2, -0.15) is 0 Å². The van der Waals surface area contributed by atoms with E-state index in [1.807, 2.05) is 30.3 Å². The van der Waals surface area contributed by atoms with E-state index in [0.29, 0.717) is 5.90 Å². The van der Waals surface area contributed by atoms with Crippen molar-refractivity contribution in [1.29, 1.82) is 0 Å². The smallest absolute Gasteiger partial charge is 0.274 e. The van der Waals surface area contributed by atoms with Crippen molar-refractivity contribution in [2.24, 2.45) is 5.16 Å². The highest BCUT2D eigenvalue weighted by Crippen LogP contribution is 2.15. The molecule has 4 nitrogen and oxygen atoms in total. The minimum atomic E-state index is -0.572. The van der Waals surface area contributed by atoms with Crippen LogP contribution in [0.25, 0.3) is 0 Å². The van der Waals surface area contributed by atoms with Crippen LogP contribution < -0.4 is 0 Å². The second-order valence-corrected chi connectivity index (χ2v) is 3.32. The first kappa shape index (κ1) is 9.71. The average molecular weight is 205 g/mol. The first-order valence-electron chi connectivity index (χ1n) is 4.71. The van der Waals surface area contributed by atoms with Crippen LogP contribution in [0.15, 0.2) is 35.5 Å². The molecule has 4 heteroatoms. The molecule has 1 aliphatic heterocycles. The second kappa shape index (κ2) is 4.13. The van der Waals surface area contributed by atoms with Crippen LogP contribution in [0.5, 0.6) is 0 Å². The van der Waals surface area contributed by atoms with Gasteiger partial charge in [-0.05, 0) is 24.2 Å². The van der Waals surface area contributed by atoms with Crippen LogP contribution in [0.2, 0.25) is 0 Å². The molecule has 0 saturated heterocycles. The van der Waals surface area contributed by atoms with E-state index in [0.717, 1.165) is 5.56 Å². The lowest BCUT2D eigenvalue weighted by atomic mass is 10.2. The Morgan fingerprint density at radius 3 is 2.80 bits per heavy atom. The summed E-state index contributed by atoms with van der Waals surface area (Å²) >= 11 is 0. The maximum Gasteiger partial charge on any atom is 0.274 e. The molecule has 1 aromatic carbocycles. The summed E-state index contributed by atoms with van der Waals surface area (Å²) in [6.45, 7) is 1.49. The van der Waals surface area contributed by atoms with E-state index in [-0.39, 0.29) is 12.2 Å². The van der Waals surface area contributed by atoms with E-state index in [1.165, 1.54) is 6.92 Å². The first-order chi connectivity index (χ1) is 7.25. The number of hydrogen-bond donors (Lipinski definition) is 0. The molecule has 1 aromatic rings. The zero-order valence-corrected chi connectivity index (χ0v) is 8.34. The first-order valence-corrected chi connectivity index (χ1v) is 4.71. The minimum absolute atomic E-state index is 0.0181. The number of carbonyl (C=O) groups is 1. The topological polar surface area (TPSA) is 47.9 Å². The van der Waals surface area contributed by atoms with Crippen LogP contribution in [0.4, 0.5) is 0 Å². The fourth-order valence-electron chi connectivity index (χ4n) is 1.29. The van der Waals surface area contributed by atoms with Gasteiger partial charge in [-0.1, -0.05) is 18.2 Å². The Hall–Kier alpha value is -1.84. The molecule has 0 fully saturated rings. The van der Waals surface area contributed by atoms with Gasteiger partial charge >= 0.3 is 0 Å². The summed E-state index contributed by atoms with van der Waals surface area (Å²) in [5, 5.41) is 3.78. The molecule has 0 aliphatic carbocycles. The minimum Gasteiger partial charge on any atom is -0.432 e. The van der Waals surface area contributed by atoms with E-state index in [2.05, 4.69) is 5.16 Å². The number of ether oxygens (including phenoxy) is 1. The number of oxime groups is 1. The van der Waals surface area contributed by atoms with Crippen molar-refractivity contribution < 1.29 is 14.4 Å². The third-order valence-electron chi connectivity index (χ3n) is 1.97. The van der Waals surface area contributed by atoms with E-state index in [9.17, 15) is 4.79 Å². The molecule has 0 saturated carbocycles. The molecule has 78 valence electrons. The van der Waals surface area contributed by atoms with E-state index in [4.69, 9.17) is 9.57 Å². The van der Waals surface area contributed by atoms with E-state index < -0.39 is 6.29 Å². The van der Waals surface area contributed by atoms with Gasteiger partial charge < -0.3 is 9.57 Å². The second-order valence-electron chi connectivity index (χ2n) is 3.32. The molecule has 0 N–H and O–H groups in total. The Bertz CT molecular complexity index is 386. The Kier molecular flexibility index (Phi) is 2.67. The summed E-state index contributed by atoms with van der Waals surface area (Å²) < 4.78 is 5.37. The van der Waals surface area contributed by atoms with Gasteiger partial charge in [0.25, 0.3) is 12.2 Å². The van der Waals surface area contributed by atoms with Gasteiger partial charge in [0.15, 0.2) is 0 Å². The lowest BCUT2D eigenvalue weighted by molar-refractivity contribution is -0.125. The highest BCUT2D eigenvalue weighted by Gasteiger charge is 2.23. The number of hydrogen-bond acceptors (Lipinski definition) is 4. The monoisotopic (exact) mass is 205 g/mol. The Morgan fingerprint density at radius 1 is 1.40 bits per heavy atom. The third kappa shape index (κ3) is 2.34. The van der Waals surface area contributed by atoms with Crippen molar-refractivity contribution >= 4 is 11.7 Å². The predicted octanol–water partition coefficient (Wildman–Crippen LogP) is 1.70. The molecule has 0 aromatic heterocycles. The SMILES string of the molecule is CC(=O)CC1ON=C(c2ccccc2)O1. The number of carbonyl (C=O) groups excluding carboxylic acids is 1. The third-order valence-corrected chi connectivity index (χ3v) is 1.97. The highest BCUT2D eigenvalue weighted by molar-refractivity contribution is 5.94. The number of Topliss-reactive ketones (excluding diaryl/α,β-unsaturated/α-hetero) is 1. The molecule has 1 atom stereocenters. The number of benzene rings is 1. The number of ketones is 1. The zero-order valence-electron chi connectivity index (χ0n) is 8.34. The van der Waals surface area contributed by atoms with Crippen LogP contribution in [-0.2, 0) is 14.4 Å². The van der Waals surface area contributed by atoms with Crippen LogP contribution in [-0.4, -0.2) is 18.0 Å². The fourth-order valence-corrected chi connectivity index (χ4v) is 1.29. The molecular weight excluding hydrogens is 194 g/mol. The summed E-state index contributed by atoms with van der Waals surface area (Å²) in [4.78, 5) is 15.8. The van der Waals surface area contributed by atoms with Crippen LogP contribution in [0.1, 0.15) is 18.9 Å². The van der Waals surface area contributed by atoms with Crippen LogP contribution in [0.3, 0.4) is 0 Å².